The fourth-order valence-corrected chi connectivity index (χ4v) is 1.40. The molecule has 0 bridgehead atoms. The Bertz CT molecular complexity index is 225. The first-order chi connectivity index (χ1) is 6.90. The summed E-state index contributed by atoms with van der Waals surface area (Å²) in [6.07, 6.45) is -0.405. The summed E-state index contributed by atoms with van der Waals surface area (Å²) in [6, 6.07) is 0. The highest BCUT2D eigenvalue weighted by Crippen LogP contribution is 2.12. The molecule has 0 saturated carbocycles. The van der Waals surface area contributed by atoms with Crippen LogP contribution in [0.1, 0.15) is 27.2 Å². The molecule has 1 unspecified atom stereocenters. The Hall–Kier alpha value is -0.810. The molecule has 15 heavy (non-hydrogen) atoms. The second-order valence-corrected chi connectivity index (χ2v) is 4.71. The zero-order valence-corrected chi connectivity index (χ0v) is 9.62. The van der Waals surface area contributed by atoms with Gasteiger partial charge in [-0.05, 0) is 33.7 Å². The van der Waals surface area contributed by atoms with Crippen LogP contribution in [-0.4, -0.2) is 47.6 Å². The van der Waals surface area contributed by atoms with E-state index >= 15 is 0 Å². The fraction of sp³-hybridized carbons (Fsp3) is 0.900. The van der Waals surface area contributed by atoms with Crippen LogP contribution in [0, 0.1) is 0 Å². The summed E-state index contributed by atoms with van der Waals surface area (Å²) in [7, 11) is 0. The zero-order chi connectivity index (χ0) is 11.5. The molecule has 1 amide bonds. The van der Waals surface area contributed by atoms with Crippen molar-refractivity contribution in [3.63, 3.8) is 0 Å². The normalized spacial score (nSPS) is 23.5. The van der Waals surface area contributed by atoms with Crippen LogP contribution in [0.25, 0.3) is 0 Å². The van der Waals surface area contributed by atoms with Crippen LogP contribution in [0.2, 0.25) is 0 Å². The van der Waals surface area contributed by atoms with E-state index in [0.717, 1.165) is 13.0 Å². The molecule has 0 aromatic rings. The fourth-order valence-electron chi connectivity index (χ4n) is 1.40. The van der Waals surface area contributed by atoms with Crippen LogP contribution in [-0.2, 0) is 4.74 Å². The number of carbonyl (C=O) groups excluding carboxylic acids is 1. The van der Waals surface area contributed by atoms with Crippen LogP contribution in [0.3, 0.4) is 0 Å². The van der Waals surface area contributed by atoms with Crippen molar-refractivity contribution in [3.05, 3.63) is 0 Å². The number of nitrogens with one attached hydrogen (secondary N) is 1. The van der Waals surface area contributed by atoms with Crippen LogP contribution >= 0.6 is 0 Å². The number of rotatable bonds is 0. The van der Waals surface area contributed by atoms with Crippen molar-refractivity contribution in [1.82, 2.24) is 10.2 Å². The van der Waals surface area contributed by atoms with E-state index in [1.54, 1.807) is 0 Å². The monoisotopic (exact) mass is 216 g/mol. The van der Waals surface area contributed by atoms with Gasteiger partial charge in [-0.15, -0.1) is 0 Å². The lowest BCUT2D eigenvalue weighted by molar-refractivity contribution is -0.0248. The molecule has 0 aromatic carbocycles. The number of nitrogens with zero attached hydrogens (tertiary/aromatic N) is 1. The molecule has 1 aliphatic heterocycles. The molecule has 0 radical (unpaired) electrons. The van der Waals surface area contributed by atoms with Crippen molar-refractivity contribution >= 4 is 6.09 Å². The highest BCUT2D eigenvalue weighted by Gasteiger charge is 2.27. The first-order valence-electron chi connectivity index (χ1n) is 5.28. The number of amides is 1. The van der Waals surface area contributed by atoms with Gasteiger partial charge in [0.25, 0.3) is 0 Å². The molecule has 1 fully saturated rings. The molecule has 5 nitrogen and oxygen atoms in total. The van der Waals surface area contributed by atoms with Gasteiger partial charge in [0.05, 0.1) is 0 Å². The molecule has 88 valence electrons. The van der Waals surface area contributed by atoms with Gasteiger partial charge in [0.1, 0.15) is 11.8 Å². The molecule has 0 spiro atoms. The second kappa shape index (κ2) is 4.81. The lowest BCUT2D eigenvalue weighted by Gasteiger charge is -2.29. The molecule has 1 heterocycles. The summed E-state index contributed by atoms with van der Waals surface area (Å²) < 4.78 is 5.20. The van der Waals surface area contributed by atoms with Crippen molar-refractivity contribution in [2.24, 2.45) is 0 Å². The van der Waals surface area contributed by atoms with E-state index < -0.39 is 17.9 Å². The van der Waals surface area contributed by atoms with Gasteiger partial charge >= 0.3 is 6.09 Å². The van der Waals surface area contributed by atoms with E-state index in [1.807, 2.05) is 20.8 Å². The number of aliphatic hydroxyl groups excluding tert-OH is 1. The number of ether oxygens (including phenoxy) is 1. The molecule has 1 rings (SSSR count). The molecule has 2 N–H and O–H groups in total. The van der Waals surface area contributed by atoms with Gasteiger partial charge < -0.3 is 15.2 Å². The van der Waals surface area contributed by atoms with Gasteiger partial charge in [-0.1, -0.05) is 0 Å². The van der Waals surface area contributed by atoms with Gasteiger partial charge in [0.15, 0.2) is 0 Å². The minimum Gasteiger partial charge on any atom is -0.444 e. The smallest absolute Gasteiger partial charge is 0.412 e. The third-order valence-electron chi connectivity index (χ3n) is 2.07. The largest absolute Gasteiger partial charge is 0.444 e. The molecular formula is C10H20N2O3. The quantitative estimate of drug-likeness (QED) is 0.620. The average Bonchev–Trinajstić information content (AvgIpc) is 2.26. The maximum atomic E-state index is 11.7. The Kier molecular flexibility index (Phi) is 3.93. The van der Waals surface area contributed by atoms with E-state index in [-0.39, 0.29) is 0 Å². The first-order valence-corrected chi connectivity index (χ1v) is 5.28. The van der Waals surface area contributed by atoms with Gasteiger partial charge in [-0.2, -0.15) is 0 Å². The summed E-state index contributed by atoms with van der Waals surface area (Å²) >= 11 is 0. The molecule has 1 saturated heterocycles. The predicted molar refractivity (Wildman–Crippen MR) is 56.4 cm³/mol. The van der Waals surface area contributed by atoms with Crippen molar-refractivity contribution in [2.45, 2.75) is 39.0 Å². The van der Waals surface area contributed by atoms with Gasteiger partial charge in [-0.25, -0.2) is 4.79 Å². The molecule has 1 atom stereocenters. The predicted octanol–water partition coefficient (Wildman–Crippen LogP) is 0.535. The topological polar surface area (TPSA) is 61.8 Å². The summed E-state index contributed by atoms with van der Waals surface area (Å²) in [4.78, 5) is 13.1. The van der Waals surface area contributed by atoms with E-state index in [0.29, 0.717) is 13.1 Å². The van der Waals surface area contributed by atoms with E-state index in [1.165, 1.54) is 4.90 Å². The van der Waals surface area contributed by atoms with Gasteiger partial charge in [0.2, 0.25) is 0 Å². The van der Waals surface area contributed by atoms with Crippen molar-refractivity contribution < 1.29 is 14.6 Å². The van der Waals surface area contributed by atoms with Crippen LogP contribution in [0.4, 0.5) is 4.79 Å². The summed E-state index contributed by atoms with van der Waals surface area (Å²) in [5, 5.41) is 12.7. The molecule has 1 aliphatic rings. The number of hydrogen-bond acceptors (Lipinski definition) is 4. The highest BCUT2D eigenvalue weighted by atomic mass is 16.6. The second-order valence-electron chi connectivity index (χ2n) is 4.71. The van der Waals surface area contributed by atoms with Crippen LogP contribution in [0.5, 0.6) is 0 Å². The van der Waals surface area contributed by atoms with Crippen LogP contribution < -0.4 is 5.32 Å². The summed E-state index contributed by atoms with van der Waals surface area (Å²) in [5.41, 5.74) is -0.517. The first kappa shape index (κ1) is 12.3. The zero-order valence-electron chi connectivity index (χ0n) is 9.62. The minimum atomic E-state index is -0.789. The molecular weight excluding hydrogens is 196 g/mol. The Labute approximate surface area is 90.4 Å². The van der Waals surface area contributed by atoms with Crippen molar-refractivity contribution in [3.8, 4) is 0 Å². The Morgan fingerprint density at radius 1 is 1.53 bits per heavy atom. The Morgan fingerprint density at radius 3 is 2.80 bits per heavy atom. The standard InChI is InChI=1S/C10H20N2O3/c1-10(2,3)15-9(14)12-6-4-5-11-7-8(12)13/h8,11,13H,4-7H2,1-3H3. The minimum absolute atomic E-state index is 0.402. The maximum Gasteiger partial charge on any atom is 0.412 e. The molecule has 5 heteroatoms. The van der Waals surface area contributed by atoms with E-state index in [9.17, 15) is 9.90 Å². The highest BCUT2D eigenvalue weighted by molar-refractivity contribution is 5.68. The van der Waals surface area contributed by atoms with Crippen LogP contribution in [0.15, 0.2) is 0 Å². The number of aliphatic hydroxyl groups is 1. The van der Waals surface area contributed by atoms with Gasteiger partial charge in [0, 0.05) is 13.1 Å². The third-order valence-corrected chi connectivity index (χ3v) is 2.07. The third kappa shape index (κ3) is 4.05. The van der Waals surface area contributed by atoms with E-state index in [4.69, 9.17) is 4.74 Å². The lowest BCUT2D eigenvalue weighted by atomic mass is 10.2. The SMILES string of the molecule is CC(C)(C)OC(=O)N1CCCNCC1O. The Morgan fingerprint density at radius 2 is 2.20 bits per heavy atom. The summed E-state index contributed by atoms with van der Waals surface area (Å²) in [5.74, 6) is 0. The number of β-amino-alcohol motifs (C(OH)–C–C–N with tert-alkyl or cyclic N) is 1. The number of carbonyl (C=O) groups is 1. The molecule has 0 aliphatic carbocycles. The van der Waals surface area contributed by atoms with Crippen molar-refractivity contribution in [1.29, 1.82) is 0 Å². The lowest BCUT2D eigenvalue weighted by Crippen LogP contribution is -2.45. The maximum absolute atomic E-state index is 11.7. The van der Waals surface area contributed by atoms with E-state index in [2.05, 4.69) is 5.32 Å². The Balaban J connectivity index is 2.56. The average molecular weight is 216 g/mol. The summed E-state index contributed by atoms with van der Waals surface area (Å²) in [6.45, 7) is 7.19. The van der Waals surface area contributed by atoms with Crippen molar-refractivity contribution in [2.75, 3.05) is 19.6 Å². The molecule has 0 aromatic heterocycles. The van der Waals surface area contributed by atoms with Gasteiger partial charge in [-0.3, -0.25) is 4.90 Å². The number of hydrogen-bond donors (Lipinski definition) is 2.